The average molecular weight is 596 g/mol. The Hall–Kier alpha value is -2.65. The number of nitrogens with one attached hydrogen (secondary N) is 1. The van der Waals surface area contributed by atoms with Gasteiger partial charge in [-0.3, -0.25) is 19.8 Å². The first-order valence-corrected chi connectivity index (χ1v) is 15.2. The summed E-state index contributed by atoms with van der Waals surface area (Å²) in [6.07, 6.45) is 1.02. The number of oxime groups is 1. The van der Waals surface area contributed by atoms with E-state index >= 15 is 0 Å². The van der Waals surface area contributed by atoms with Gasteiger partial charge in [-0.15, -0.1) is 11.3 Å². The number of carbonyl (C=O) groups is 2. The second kappa shape index (κ2) is 12.9. The number of hydrogen-bond acceptors (Lipinski definition) is 9. The van der Waals surface area contributed by atoms with Crippen LogP contribution in [0.1, 0.15) is 36.6 Å². The smallest absolute Gasteiger partial charge is 0.315 e. The Morgan fingerprint density at radius 3 is 2.70 bits per heavy atom. The van der Waals surface area contributed by atoms with Crippen LogP contribution in [0.15, 0.2) is 40.5 Å². The second-order valence-electron chi connectivity index (χ2n) is 10.1. The van der Waals surface area contributed by atoms with Crippen molar-refractivity contribution >= 4 is 45.2 Å². The Morgan fingerprint density at radius 1 is 1.27 bits per heavy atom. The number of benzene rings is 1. The summed E-state index contributed by atoms with van der Waals surface area (Å²) < 4.78 is 43.5. The van der Waals surface area contributed by atoms with Gasteiger partial charge >= 0.3 is 6.43 Å². The van der Waals surface area contributed by atoms with Crippen molar-refractivity contribution in [2.24, 2.45) is 5.16 Å². The van der Waals surface area contributed by atoms with Crippen LogP contribution in [0.5, 0.6) is 0 Å². The van der Waals surface area contributed by atoms with Gasteiger partial charge in [0.05, 0.1) is 13.2 Å². The van der Waals surface area contributed by atoms with E-state index in [4.69, 9.17) is 9.57 Å². The molecule has 2 aliphatic heterocycles. The monoisotopic (exact) mass is 595 g/mol. The molecule has 3 aliphatic rings. The fraction of sp³-hybridized carbons (Fsp3) is 0.538. The van der Waals surface area contributed by atoms with E-state index in [1.165, 1.54) is 16.2 Å². The lowest BCUT2D eigenvalue weighted by molar-refractivity contribution is -0.147. The standard InChI is InChI=1S/C26H31F2N5O5S2/c1-16-13-32(9-10-33(16)25(35)23(27)28)14-19-12-29-26(39-19)30-24(34)22(31-38-18-8-11-37-15-18)17-2-4-20(5-3-17)40(36)21-6-7-21/h2-5,12,16,18,21,23H,6-11,13-15H2,1H3,(H,29,30,34)/b31-22+/t16?,18-,40?/m1/s1. The van der Waals surface area contributed by atoms with Gasteiger partial charge in [0.1, 0.15) is 5.25 Å². The number of thiazole rings is 1. The maximum Gasteiger partial charge on any atom is 0.315 e. The summed E-state index contributed by atoms with van der Waals surface area (Å²) in [4.78, 5) is 39.8. The van der Waals surface area contributed by atoms with Gasteiger partial charge in [0.15, 0.2) is 21.8 Å². The zero-order valence-electron chi connectivity index (χ0n) is 22.0. The zero-order chi connectivity index (χ0) is 28.2. The number of halogens is 2. The molecule has 2 unspecified atom stereocenters. The van der Waals surface area contributed by atoms with Gasteiger partial charge in [-0.05, 0) is 42.4 Å². The number of hydrogen-bond donors (Lipinski definition) is 1. The van der Waals surface area contributed by atoms with Crippen molar-refractivity contribution in [1.82, 2.24) is 14.8 Å². The first-order valence-electron chi connectivity index (χ1n) is 13.2. The van der Waals surface area contributed by atoms with Gasteiger partial charge in [-0.1, -0.05) is 5.16 Å². The van der Waals surface area contributed by atoms with E-state index in [0.717, 1.165) is 22.6 Å². The second-order valence-corrected chi connectivity index (χ2v) is 12.9. The lowest BCUT2D eigenvalue weighted by Gasteiger charge is -2.39. The fourth-order valence-electron chi connectivity index (χ4n) is 4.61. The first-order chi connectivity index (χ1) is 19.3. The number of piperazine rings is 1. The van der Waals surface area contributed by atoms with Crippen LogP contribution >= 0.6 is 11.3 Å². The van der Waals surface area contributed by atoms with Gasteiger partial charge in [0.2, 0.25) is 0 Å². The Labute approximate surface area is 237 Å². The normalized spacial score (nSPS) is 22.9. The summed E-state index contributed by atoms with van der Waals surface area (Å²) in [6, 6.07) is 6.61. The lowest BCUT2D eigenvalue weighted by atomic mass is 10.1. The van der Waals surface area contributed by atoms with Crippen molar-refractivity contribution in [3.8, 4) is 0 Å². The number of aromatic nitrogens is 1. The molecule has 1 aromatic carbocycles. The highest BCUT2D eigenvalue weighted by atomic mass is 32.2. The molecule has 3 heterocycles. The van der Waals surface area contributed by atoms with Gasteiger partial charge in [0, 0.05) is 68.1 Å². The minimum atomic E-state index is -3.00. The summed E-state index contributed by atoms with van der Waals surface area (Å²) in [5.74, 6) is -1.63. The molecular weight excluding hydrogens is 564 g/mol. The molecule has 10 nitrogen and oxygen atoms in total. The van der Waals surface area contributed by atoms with Crippen molar-refractivity contribution in [3.05, 3.63) is 40.9 Å². The molecule has 1 aliphatic carbocycles. The quantitative estimate of drug-likeness (QED) is 0.255. The molecule has 216 valence electrons. The van der Waals surface area contributed by atoms with Gasteiger partial charge in [-0.25, -0.2) is 4.98 Å². The summed E-state index contributed by atoms with van der Waals surface area (Å²) in [7, 11) is 0. The van der Waals surface area contributed by atoms with Crippen LogP contribution < -0.4 is 5.32 Å². The van der Waals surface area contributed by atoms with Crippen molar-refractivity contribution in [2.75, 3.05) is 38.2 Å². The van der Waals surface area contributed by atoms with Crippen molar-refractivity contribution in [3.63, 3.8) is 0 Å². The summed E-state index contributed by atoms with van der Waals surface area (Å²) in [6.45, 7) is 4.38. The van der Waals surface area contributed by atoms with Gasteiger partial charge in [0.25, 0.3) is 11.8 Å². The molecule has 3 fully saturated rings. The van der Waals surface area contributed by atoms with Crippen LogP contribution in [0.4, 0.5) is 13.9 Å². The molecule has 2 saturated heterocycles. The van der Waals surface area contributed by atoms with E-state index in [2.05, 4.69) is 20.4 Å². The van der Waals surface area contributed by atoms with Gasteiger partial charge in [-0.2, -0.15) is 8.78 Å². The largest absolute Gasteiger partial charge is 0.611 e. The maximum absolute atomic E-state index is 13.3. The number of alkyl halides is 2. The number of amides is 2. The molecule has 40 heavy (non-hydrogen) atoms. The third-order valence-corrected chi connectivity index (χ3v) is 9.63. The van der Waals surface area contributed by atoms with Crippen LogP contribution in [-0.4, -0.2) is 93.5 Å². The summed E-state index contributed by atoms with van der Waals surface area (Å²) in [5, 5.41) is 7.55. The number of rotatable bonds is 10. The molecule has 0 bridgehead atoms. The Morgan fingerprint density at radius 2 is 2.05 bits per heavy atom. The van der Waals surface area contributed by atoms with Crippen LogP contribution in [0.3, 0.4) is 0 Å². The molecule has 0 radical (unpaired) electrons. The molecule has 3 atom stereocenters. The van der Waals surface area contributed by atoms with E-state index in [-0.39, 0.29) is 29.7 Å². The zero-order valence-corrected chi connectivity index (χ0v) is 23.6. The van der Waals surface area contributed by atoms with E-state index in [1.807, 2.05) is 0 Å². The molecular formula is C26H31F2N5O5S2. The number of carbonyl (C=O) groups excluding carboxylic acids is 2. The highest BCUT2D eigenvalue weighted by Gasteiger charge is 2.36. The van der Waals surface area contributed by atoms with Crippen LogP contribution in [0.25, 0.3) is 0 Å². The molecule has 1 N–H and O–H groups in total. The number of anilines is 1. The predicted molar refractivity (Wildman–Crippen MR) is 146 cm³/mol. The summed E-state index contributed by atoms with van der Waals surface area (Å²) >= 11 is 0.243. The molecule has 0 spiro atoms. The third kappa shape index (κ3) is 7.16. The minimum absolute atomic E-state index is 0.0704. The van der Waals surface area contributed by atoms with E-state index in [9.17, 15) is 22.9 Å². The van der Waals surface area contributed by atoms with Gasteiger partial charge < -0.3 is 19.0 Å². The van der Waals surface area contributed by atoms with E-state index in [1.54, 1.807) is 37.4 Å². The third-order valence-electron chi connectivity index (χ3n) is 6.92. The molecule has 2 aromatic rings. The molecule has 1 saturated carbocycles. The predicted octanol–water partition coefficient (Wildman–Crippen LogP) is 2.86. The average Bonchev–Trinajstić information content (AvgIpc) is 3.49. The molecule has 2 amide bonds. The van der Waals surface area contributed by atoms with Crippen LogP contribution in [0.2, 0.25) is 0 Å². The first kappa shape index (κ1) is 28.9. The Kier molecular flexibility index (Phi) is 9.31. The van der Waals surface area contributed by atoms with Crippen molar-refractivity contribution in [2.45, 2.75) is 61.4 Å². The lowest BCUT2D eigenvalue weighted by Crippen LogP contribution is -2.54. The number of ether oxygens (including phenoxy) is 1. The fourth-order valence-corrected chi connectivity index (χ4v) is 6.82. The van der Waals surface area contributed by atoms with E-state index < -0.39 is 29.4 Å². The highest BCUT2D eigenvalue weighted by molar-refractivity contribution is 7.92. The number of nitrogens with zero attached hydrogens (tertiary/aromatic N) is 4. The van der Waals surface area contributed by atoms with Crippen LogP contribution in [-0.2, 0) is 36.9 Å². The van der Waals surface area contributed by atoms with Crippen LogP contribution in [0, 0.1) is 0 Å². The maximum atomic E-state index is 13.3. The molecule has 5 rings (SSSR count). The Bertz CT molecular complexity index is 1220. The van der Waals surface area contributed by atoms with E-state index in [0.29, 0.717) is 50.0 Å². The minimum Gasteiger partial charge on any atom is -0.611 e. The molecule has 14 heteroatoms. The van der Waals surface area contributed by atoms with Crippen molar-refractivity contribution in [1.29, 1.82) is 0 Å². The topological polar surface area (TPSA) is 119 Å². The SMILES string of the molecule is CC1CN(Cc2cnc(NC(=O)/C(=N/O[C@@H]3CCOC3)c3ccc([S+]([O-])C4CC4)cc3)s2)CCN1C(=O)C(F)F. The molecule has 1 aromatic heterocycles. The van der Waals surface area contributed by atoms with Crippen molar-refractivity contribution < 1.29 is 32.5 Å². The summed E-state index contributed by atoms with van der Waals surface area (Å²) in [5.41, 5.74) is 0.594. The highest BCUT2D eigenvalue weighted by Crippen LogP contribution is 2.33. The Balaban J connectivity index is 1.23.